The van der Waals surface area contributed by atoms with E-state index in [1.54, 1.807) is 42.5 Å². The molecule has 0 saturated heterocycles. The topological polar surface area (TPSA) is 109 Å². The number of nitrogens with one attached hydrogen (secondary N) is 3. The monoisotopic (exact) mass is 502 g/mol. The highest BCUT2D eigenvalue weighted by Crippen LogP contribution is 2.20. The van der Waals surface area contributed by atoms with E-state index < -0.39 is 23.5 Å². The molecule has 0 aliphatic heterocycles. The van der Waals surface area contributed by atoms with Gasteiger partial charge < -0.3 is 15.4 Å². The van der Waals surface area contributed by atoms with Crippen LogP contribution in [0.4, 0.5) is 15.8 Å². The average Bonchev–Trinajstić information content (AvgIpc) is 2.80. The van der Waals surface area contributed by atoms with Crippen molar-refractivity contribution in [2.24, 2.45) is 5.10 Å². The molecule has 3 aromatic carbocycles. The number of anilines is 2. The SMILES string of the molecule is O=C(COc1ccccc1/C=N\NC(=O)C(=O)Nc1cccc(Cl)c1)Nc1ccc(F)c(Cl)c1. The normalized spacial score (nSPS) is 10.6. The Hall–Kier alpha value is -3.95. The summed E-state index contributed by atoms with van der Waals surface area (Å²) in [6.45, 7) is -0.353. The molecule has 0 unspecified atom stereocenters. The first kappa shape index (κ1) is 24.7. The second-order valence-corrected chi connectivity index (χ2v) is 7.51. The summed E-state index contributed by atoms with van der Waals surface area (Å²) in [5.74, 6) is -2.72. The Morgan fingerprint density at radius 1 is 0.912 bits per heavy atom. The van der Waals surface area contributed by atoms with E-state index in [0.717, 1.165) is 6.07 Å². The molecule has 0 aliphatic carbocycles. The van der Waals surface area contributed by atoms with Gasteiger partial charge in [-0.05, 0) is 48.5 Å². The number of ether oxygens (including phenoxy) is 1. The lowest BCUT2D eigenvalue weighted by atomic mass is 10.2. The van der Waals surface area contributed by atoms with Gasteiger partial charge in [0.25, 0.3) is 5.91 Å². The van der Waals surface area contributed by atoms with Gasteiger partial charge in [0.05, 0.1) is 11.2 Å². The van der Waals surface area contributed by atoms with Crippen LogP contribution in [-0.2, 0) is 14.4 Å². The van der Waals surface area contributed by atoms with E-state index in [-0.39, 0.29) is 11.6 Å². The van der Waals surface area contributed by atoms with Crippen molar-refractivity contribution in [3.63, 3.8) is 0 Å². The first-order valence-electron chi connectivity index (χ1n) is 9.68. The van der Waals surface area contributed by atoms with Crippen LogP contribution in [0, 0.1) is 5.82 Å². The minimum absolute atomic E-state index is 0.122. The number of halogens is 3. The maximum Gasteiger partial charge on any atom is 0.329 e. The molecule has 0 aliphatic rings. The molecule has 0 fully saturated rings. The number of hydrogen-bond acceptors (Lipinski definition) is 5. The highest BCUT2D eigenvalue weighted by atomic mass is 35.5. The Morgan fingerprint density at radius 3 is 2.44 bits per heavy atom. The van der Waals surface area contributed by atoms with E-state index >= 15 is 0 Å². The summed E-state index contributed by atoms with van der Waals surface area (Å²) in [6.07, 6.45) is 1.26. The van der Waals surface area contributed by atoms with Crippen molar-refractivity contribution < 1.29 is 23.5 Å². The third-order valence-electron chi connectivity index (χ3n) is 4.14. The fourth-order valence-electron chi connectivity index (χ4n) is 2.60. The molecule has 11 heteroatoms. The van der Waals surface area contributed by atoms with Crippen molar-refractivity contribution in [2.75, 3.05) is 17.2 Å². The largest absolute Gasteiger partial charge is 0.483 e. The Balaban J connectivity index is 1.53. The lowest BCUT2D eigenvalue weighted by Crippen LogP contribution is -2.32. The number of hydrogen-bond donors (Lipinski definition) is 3. The lowest BCUT2D eigenvalue weighted by Gasteiger charge is -2.10. The number of carbonyl (C=O) groups is 3. The van der Waals surface area contributed by atoms with Gasteiger partial charge in [-0.15, -0.1) is 0 Å². The first-order chi connectivity index (χ1) is 16.3. The second kappa shape index (κ2) is 11.8. The van der Waals surface area contributed by atoms with Crippen LogP contribution in [0.25, 0.3) is 0 Å². The van der Waals surface area contributed by atoms with Crippen LogP contribution in [-0.4, -0.2) is 30.5 Å². The van der Waals surface area contributed by atoms with Crippen LogP contribution in [0.5, 0.6) is 5.75 Å². The minimum atomic E-state index is -0.994. The molecule has 8 nitrogen and oxygen atoms in total. The van der Waals surface area contributed by atoms with Crippen molar-refractivity contribution >= 4 is 58.5 Å². The lowest BCUT2D eigenvalue weighted by molar-refractivity contribution is -0.136. The molecule has 0 heterocycles. The average molecular weight is 503 g/mol. The number of benzene rings is 3. The molecule has 0 radical (unpaired) electrons. The van der Waals surface area contributed by atoms with Crippen molar-refractivity contribution in [2.45, 2.75) is 0 Å². The molecule has 3 N–H and O–H groups in total. The summed E-state index contributed by atoms with van der Waals surface area (Å²) in [7, 11) is 0. The fraction of sp³-hybridized carbons (Fsp3) is 0.0435. The van der Waals surface area contributed by atoms with Crippen molar-refractivity contribution in [3.8, 4) is 5.75 Å². The second-order valence-electron chi connectivity index (χ2n) is 6.67. The maximum absolute atomic E-state index is 13.2. The van der Waals surface area contributed by atoms with Gasteiger partial charge in [-0.25, -0.2) is 9.82 Å². The molecule has 34 heavy (non-hydrogen) atoms. The quantitative estimate of drug-likeness (QED) is 0.255. The summed E-state index contributed by atoms with van der Waals surface area (Å²) >= 11 is 11.5. The zero-order chi connectivity index (χ0) is 24.5. The molecular formula is C23H17Cl2FN4O4. The molecule has 0 atom stereocenters. The Morgan fingerprint density at radius 2 is 1.68 bits per heavy atom. The Bertz CT molecular complexity index is 1250. The number of para-hydroxylation sites is 1. The predicted molar refractivity (Wildman–Crippen MR) is 128 cm³/mol. The van der Waals surface area contributed by atoms with Gasteiger partial charge in [0.1, 0.15) is 11.6 Å². The predicted octanol–water partition coefficient (Wildman–Crippen LogP) is 4.24. The summed E-state index contributed by atoms with van der Waals surface area (Å²) in [6, 6.07) is 16.7. The summed E-state index contributed by atoms with van der Waals surface area (Å²) in [5.41, 5.74) is 3.22. The fourth-order valence-corrected chi connectivity index (χ4v) is 2.97. The van der Waals surface area contributed by atoms with Crippen LogP contribution in [0.2, 0.25) is 10.0 Å². The van der Waals surface area contributed by atoms with E-state index in [9.17, 15) is 18.8 Å². The molecule has 0 spiro atoms. The third kappa shape index (κ3) is 7.29. The minimum Gasteiger partial charge on any atom is -0.483 e. The molecule has 3 rings (SSSR count). The molecular weight excluding hydrogens is 486 g/mol. The number of rotatable bonds is 7. The molecule has 0 bridgehead atoms. The van der Waals surface area contributed by atoms with Gasteiger partial charge in [0.15, 0.2) is 6.61 Å². The summed E-state index contributed by atoms with van der Waals surface area (Å²) in [5, 5.41) is 8.97. The number of carbonyl (C=O) groups excluding carboxylic acids is 3. The van der Waals surface area contributed by atoms with Gasteiger partial charge >= 0.3 is 11.8 Å². The Labute approximate surface area is 203 Å². The van der Waals surface area contributed by atoms with Crippen LogP contribution in [0.3, 0.4) is 0 Å². The highest BCUT2D eigenvalue weighted by molar-refractivity contribution is 6.39. The molecule has 0 aromatic heterocycles. The molecule has 174 valence electrons. The smallest absolute Gasteiger partial charge is 0.329 e. The van der Waals surface area contributed by atoms with Crippen LogP contribution in [0.15, 0.2) is 71.8 Å². The van der Waals surface area contributed by atoms with Crippen molar-refractivity contribution in [1.29, 1.82) is 0 Å². The van der Waals surface area contributed by atoms with Gasteiger partial charge in [0.2, 0.25) is 0 Å². The standard InChI is InChI=1S/C23H17Cl2FN4O4/c24-15-5-3-6-16(10-15)29-22(32)23(33)30-27-12-14-4-1-2-7-20(14)34-13-21(31)28-17-8-9-19(26)18(25)11-17/h1-12H,13H2,(H,28,31)(H,29,32)(H,30,33)/b27-12-. The zero-order valence-corrected chi connectivity index (χ0v) is 18.9. The number of hydrazone groups is 1. The first-order valence-corrected chi connectivity index (χ1v) is 10.4. The summed E-state index contributed by atoms with van der Waals surface area (Å²) < 4.78 is 18.7. The van der Waals surface area contributed by atoms with E-state index in [1.165, 1.54) is 24.4 Å². The number of nitrogens with zero attached hydrogens (tertiary/aromatic N) is 1. The van der Waals surface area contributed by atoms with Crippen molar-refractivity contribution in [3.05, 3.63) is 88.2 Å². The maximum atomic E-state index is 13.2. The van der Waals surface area contributed by atoms with Gasteiger partial charge in [-0.1, -0.05) is 41.4 Å². The van der Waals surface area contributed by atoms with E-state index in [0.29, 0.717) is 27.7 Å². The third-order valence-corrected chi connectivity index (χ3v) is 4.66. The Kier molecular flexibility index (Phi) is 8.55. The van der Waals surface area contributed by atoms with E-state index in [4.69, 9.17) is 27.9 Å². The summed E-state index contributed by atoms with van der Waals surface area (Å²) in [4.78, 5) is 36.0. The van der Waals surface area contributed by atoms with Crippen LogP contribution >= 0.6 is 23.2 Å². The molecule has 3 amide bonds. The van der Waals surface area contributed by atoms with Gasteiger partial charge in [-0.2, -0.15) is 5.10 Å². The number of amides is 3. The molecule has 0 saturated carbocycles. The van der Waals surface area contributed by atoms with Gasteiger partial charge in [-0.3, -0.25) is 14.4 Å². The van der Waals surface area contributed by atoms with Crippen molar-refractivity contribution in [1.82, 2.24) is 5.43 Å². The highest BCUT2D eigenvalue weighted by Gasteiger charge is 2.13. The van der Waals surface area contributed by atoms with Crippen LogP contribution in [0.1, 0.15) is 5.56 Å². The molecule has 3 aromatic rings. The van der Waals surface area contributed by atoms with Crippen LogP contribution < -0.4 is 20.8 Å². The van der Waals surface area contributed by atoms with E-state index in [1.807, 2.05) is 0 Å². The van der Waals surface area contributed by atoms with Gasteiger partial charge in [0, 0.05) is 22.0 Å². The zero-order valence-electron chi connectivity index (χ0n) is 17.3. The van der Waals surface area contributed by atoms with E-state index in [2.05, 4.69) is 21.2 Å².